The molecule has 4 heteroatoms. The van der Waals surface area contributed by atoms with Crippen molar-refractivity contribution in [3.05, 3.63) is 23.7 Å². The van der Waals surface area contributed by atoms with Crippen molar-refractivity contribution < 1.29 is 18.7 Å². The van der Waals surface area contributed by atoms with Crippen LogP contribution in [0.2, 0.25) is 0 Å². The number of hydrogen-bond acceptors (Lipinski definition) is 4. The largest absolute Gasteiger partial charge is 0.463 e. The second-order valence-corrected chi connectivity index (χ2v) is 3.79. The van der Waals surface area contributed by atoms with Gasteiger partial charge >= 0.3 is 5.97 Å². The van der Waals surface area contributed by atoms with Crippen LogP contribution in [0.5, 0.6) is 0 Å². The third-order valence-electron chi connectivity index (χ3n) is 2.89. The van der Waals surface area contributed by atoms with E-state index in [0.717, 1.165) is 12.8 Å². The number of carbonyl (C=O) groups is 2. The zero-order valence-corrected chi connectivity index (χ0v) is 8.70. The third kappa shape index (κ3) is 1.46. The van der Waals surface area contributed by atoms with E-state index < -0.39 is 11.4 Å². The lowest BCUT2D eigenvalue weighted by Gasteiger charge is -2.06. The van der Waals surface area contributed by atoms with Crippen LogP contribution in [-0.4, -0.2) is 18.9 Å². The fraction of sp³-hybridized carbons (Fsp3) is 0.455. The van der Waals surface area contributed by atoms with Crippen LogP contribution in [0.15, 0.2) is 16.5 Å². The average molecular weight is 208 g/mol. The lowest BCUT2D eigenvalue weighted by atomic mass is 9.99. The number of methoxy groups -OCH3 is 1. The first kappa shape index (κ1) is 9.96. The number of esters is 1. The summed E-state index contributed by atoms with van der Waals surface area (Å²) < 4.78 is 9.86. The minimum atomic E-state index is -0.513. The van der Waals surface area contributed by atoms with Crippen LogP contribution in [0, 0.1) is 0 Å². The van der Waals surface area contributed by atoms with Crippen LogP contribution >= 0.6 is 0 Å². The molecule has 1 aliphatic rings. The van der Waals surface area contributed by atoms with E-state index in [-0.39, 0.29) is 11.5 Å². The molecule has 0 N–H and O–H groups in total. The highest BCUT2D eigenvalue weighted by Crippen LogP contribution is 2.49. The lowest BCUT2D eigenvalue weighted by molar-refractivity contribution is -0.119. The highest BCUT2D eigenvalue weighted by molar-refractivity contribution is 5.91. The molecule has 1 aliphatic carbocycles. The molecule has 0 atom stereocenters. The Bertz CT molecular complexity index is 412. The van der Waals surface area contributed by atoms with E-state index in [1.807, 2.05) is 0 Å². The van der Waals surface area contributed by atoms with Gasteiger partial charge in [-0.1, -0.05) is 0 Å². The molecular formula is C11H12O4. The van der Waals surface area contributed by atoms with Crippen LogP contribution < -0.4 is 0 Å². The van der Waals surface area contributed by atoms with Crippen molar-refractivity contribution in [2.24, 2.45) is 0 Å². The van der Waals surface area contributed by atoms with Crippen LogP contribution in [0.1, 0.15) is 36.1 Å². The van der Waals surface area contributed by atoms with Gasteiger partial charge in [-0.15, -0.1) is 0 Å². The molecule has 80 valence electrons. The Balaban J connectivity index is 2.28. The maximum atomic E-state index is 11.4. The molecule has 0 unspecified atom stereocenters. The third-order valence-corrected chi connectivity index (χ3v) is 2.89. The van der Waals surface area contributed by atoms with E-state index in [1.165, 1.54) is 7.11 Å². The summed E-state index contributed by atoms with van der Waals surface area (Å²) >= 11 is 0. The van der Waals surface area contributed by atoms with Gasteiger partial charge < -0.3 is 9.15 Å². The molecule has 0 bridgehead atoms. The van der Waals surface area contributed by atoms with Gasteiger partial charge in [0.15, 0.2) is 0 Å². The summed E-state index contributed by atoms with van der Waals surface area (Å²) in [4.78, 5) is 22.5. The Morgan fingerprint density at radius 3 is 2.53 bits per heavy atom. The number of carbonyl (C=O) groups excluding carboxylic acids is 2. The Morgan fingerprint density at radius 2 is 2.07 bits per heavy atom. The predicted octanol–water partition coefficient (Wildman–Crippen LogP) is 1.69. The molecule has 0 radical (unpaired) electrons. The second-order valence-electron chi connectivity index (χ2n) is 3.79. The minimum Gasteiger partial charge on any atom is -0.463 e. The van der Waals surface area contributed by atoms with E-state index in [9.17, 15) is 9.59 Å². The van der Waals surface area contributed by atoms with E-state index >= 15 is 0 Å². The van der Waals surface area contributed by atoms with Crippen molar-refractivity contribution in [2.75, 3.05) is 7.11 Å². The molecule has 0 saturated heterocycles. The summed E-state index contributed by atoms with van der Waals surface area (Å²) in [6, 6.07) is 3.23. The van der Waals surface area contributed by atoms with Crippen LogP contribution in [0.25, 0.3) is 0 Å². The number of hydrogen-bond donors (Lipinski definition) is 0. The smallest absolute Gasteiger partial charge is 0.373 e. The van der Waals surface area contributed by atoms with Gasteiger partial charge in [-0.2, -0.15) is 0 Å². The zero-order chi connectivity index (χ0) is 11.1. The first-order valence-corrected chi connectivity index (χ1v) is 4.80. The maximum Gasteiger partial charge on any atom is 0.373 e. The minimum absolute atomic E-state index is 0.0910. The molecule has 0 amide bonds. The van der Waals surface area contributed by atoms with Crippen molar-refractivity contribution in [3.8, 4) is 0 Å². The van der Waals surface area contributed by atoms with E-state index in [0.29, 0.717) is 5.76 Å². The van der Waals surface area contributed by atoms with Gasteiger partial charge in [-0.3, -0.25) is 4.79 Å². The second kappa shape index (κ2) is 3.22. The molecule has 1 aromatic heterocycles. The first-order valence-electron chi connectivity index (χ1n) is 4.80. The molecule has 1 aromatic rings. The normalized spacial score (nSPS) is 17.2. The lowest BCUT2D eigenvalue weighted by Crippen LogP contribution is -2.15. The summed E-state index contributed by atoms with van der Waals surface area (Å²) in [6.45, 7) is 1.55. The van der Waals surface area contributed by atoms with Crippen molar-refractivity contribution in [3.63, 3.8) is 0 Å². The fourth-order valence-corrected chi connectivity index (χ4v) is 1.70. The molecule has 15 heavy (non-hydrogen) atoms. The Labute approximate surface area is 87.2 Å². The molecule has 0 aliphatic heterocycles. The number of ketones is 1. The molecule has 1 saturated carbocycles. The molecule has 4 nitrogen and oxygen atoms in total. The maximum absolute atomic E-state index is 11.4. The molecule has 1 heterocycles. The number of ether oxygens (including phenoxy) is 1. The summed E-state index contributed by atoms with van der Waals surface area (Å²) in [5, 5.41) is 0. The van der Waals surface area contributed by atoms with Gasteiger partial charge in [0.05, 0.1) is 12.5 Å². The molecule has 0 spiro atoms. The van der Waals surface area contributed by atoms with Crippen LogP contribution in [0.4, 0.5) is 0 Å². The Morgan fingerprint density at radius 1 is 1.40 bits per heavy atom. The van der Waals surface area contributed by atoms with Gasteiger partial charge in [0.1, 0.15) is 11.5 Å². The van der Waals surface area contributed by atoms with Crippen LogP contribution in [-0.2, 0) is 14.9 Å². The average Bonchev–Trinajstić information content (AvgIpc) is 2.90. The molecule has 2 rings (SSSR count). The Kier molecular flexibility index (Phi) is 2.14. The zero-order valence-electron chi connectivity index (χ0n) is 8.70. The number of rotatable bonds is 3. The quantitative estimate of drug-likeness (QED) is 0.709. The van der Waals surface area contributed by atoms with Crippen molar-refractivity contribution in [1.29, 1.82) is 0 Å². The number of furan rings is 1. The van der Waals surface area contributed by atoms with Gasteiger partial charge in [0.2, 0.25) is 5.76 Å². The first-order chi connectivity index (χ1) is 7.10. The topological polar surface area (TPSA) is 56.5 Å². The summed E-state index contributed by atoms with van der Waals surface area (Å²) in [6.07, 6.45) is 1.60. The Hall–Kier alpha value is -1.58. The van der Waals surface area contributed by atoms with Crippen molar-refractivity contribution >= 4 is 11.8 Å². The standard InChI is InChI=1S/C11H12O4/c1-7(12)11(5-6-11)9-4-3-8(15-9)10(13)14-2/h3-4H,5-6H2,1-2H3. The van der Waals surface area contributed by atoms with Gasteiger partial charge in [0.25, 0.3) is 0 Å². The van der Waals surface area contributed by atoms with Crippen molar-refractivity contribution in [2.45, 2.75) is 25.2 Å². The molecule has 1 fully saturated rings. The van der Waals surface area contributed by atoms with Gasteiger partial charge in [-0.25, -0.2) is 4.79 Å². The number of Topliss-reactive ketones (excluding diaryl/α,β-unsaturated/α-hetero) is 1. The predicted molar refractivity (Wildman–Crippen MR) is 51.6 cm³/mol. The van der Waals surface area contributed by atoms with Gasteiger partial charge in [-0.05, 0) is 31.9 Å². The molecule has 0 aromatic carbocycles. The highest BCUT2D eigenvalue weighted by Gasteiger charge is 2.51. The summed E-state index contributed by atoms with van der Waals surface area (Å²) in [7, 11) is 1.29. The fourth-order valence-electron chi connectivity index (χ4n) is 1.70. The summed E-state index contributed by atoms with van der Waals surface area (Å²) in [5.41, 5.74) is -0.466. The molecular weight excluding hydrogens is 196 g/mol. The van der Waals surface area contributed by atoms with Gasteiger partial charge in [0, 0.05) is 0 Å². The monoisotopic (exact) mass is 208 g/mol. The van der Waals surface area contributed by atoms with E-state index in [4.69, 9.17) is 4.42 Å². The summed E-state index contributed by atoms with van der Waals surface area (Å²) in [5.74, 6) is 0.310. The van der Waals surface area contributed by atoms with E-state index in [1.54, 1.807) is 19.1 Å². The van der Waals surface area contributed by atoms with E-state index in [2.05, 4.69) is 4.74 Å². The SMILES string of the molecule is COC(=O)c1ccc(C2(C(C)=O)CC2)o1. The van der Waals surface area contributed by atoms with Crippen molar-refractivity contribution in [1.82, 2.24) is 0 Å². The highest BCUT2D eigenvalue weighted by atomic mass is 16.5. The van der Waals surface area contributed by atoms with Crippen LogP contribution in [0.3, 0.4) is 0 Å².